The molecule has 2 aliphatic heterocycles. The van der Waals surface area contributed by atoms with Crippen LogP contribution in [0.5, 0.6) is 0 Å². The molecule has 2 saturated heterocycles. The van der Waals surface area contributed by atoms with E-state index in [9.17, 15) is 9.50 Å². The molecular weight excluding hydrogens is 229 g/mol. The largest absolute Gasteiger partial charge is 0.396 e. The van der Waals surface area contributed by atoms with Gasteiger partial charge in [-0.3, -0.25) is 0 Å². The maximum atomic E-state index is 13.4. The highest BCUT2D eigenvalue weighted by Gasteiger charge is 2.45. The third-order valence-corrected chi connectivity index (χ3v) is 4.92. The Hall–Kier alpha value is -0.930. The molecule has 1 aromatic carbocycles. The lowest BCUT2D eigenvalue weighted by Crippen LogP contribution is -2.47. The number of benzene rings is 1. The van der Waals surface area contributed by atoms with Crippen LogP contribution in [0.3, 0.4) is 0 Å². The highest BCUT2D eigenvalue weighted by atomic mass is 19.1. The van der Waals surface area contributed by atoms with Gasteiger partial charge < -0.3 is 10.0 Å². The fraction of sp³-hybridized carbons (Fsp3) is 0.600. The zero-order valence-corrected chi connectivity index (χ0v) is 10.7. The summed E-state index contributed by atoms with van der Waals surface area (Å²) in [6.45, 7) is 0.197. The van der Waals surface area contributed by atoms with E-state index in [0.29, 0.717) is 18.0 Å². The Morgan fingerprint density at radius 3 is 2.94 bits per heavy atom. The average Bonchev–Trinajstić information content (AvgIpc) is 2.63. The van der Waals surface area contributed by atoms with Crippen LogP contribution in [0.1, 0.15) is 30.7 Å². The summed E-state index contributed by atoms with van der Waals surface area (Å²) in [7, 11) is 2.16. The van der Waals surface area contributed by atoms with Crippen molar-refractivity contribution in [2.24, 2.45) is 5.92 Å². The van der Waals surface area contributed by atoms with E-state index < -0.39 is 0 Å². The second-order valence-corrected chi connectivity index (χ2v) is 5.71. The van der Waals surface area contributed by atoms with E-state index in [1.807, 2.05) is 6.07 Å². The predicted molar refractivity (Wildman–Crippen MR) is 68.9 cm³/mol. The first-order chi connectivity index (χ1) is 8.70. The molecule has 2 fully saturated rings. The minimum absolute atomic E-state index is 0.171. The van der Waals surface area contributed by atoms with Crippen molar-refractivity contribution in [3.63, 3.8) is 0 Å². The summed E-state index contributed by atoms with van der Waals surface area (Å²) in [4.78, 5) is 2.41. The normalized spacial score (nSPS) is 35.9. The molecule has 3 heteroatoms. The number of halogens is 1. The van der Waals surface area contributed by atoms with Crippen molar-refractivity contribution in [3.05, 3.63) is 35.6 Å². The number of hydrogen-bond acceptors (Lipinski definition) is 2. The Bertz CT molecular complexity index is 436. The summed E-state index contributed by atoms with van der Waals surface area (Å²) in [5.41, 5.74) is 1.05. The number of aliphatic hydroxyl groups excluding tert-OH is 1. The van der Waals surface area contributed by atoms with Crippen LogP contribution in [0.4, 0.5) is 4.39 Å². The fourth-order valence-corrected chi connectivity index (χ4v) is 3.95. The number of rotatable bonds is 2. The minimum Gasteiger partial charge on any atom is -0.396 e. The molecule has 0 aliphatic carbocycles. The van der Waals surface area contributed by atoms with Crippen LogP contribution in [0.25, 0.3) is 0 Å². The predicted octanol–water partition coefficient (Wildman–Crippen LogP) is 2.38. The highest BCUT2D eigenvalue weighted by molar-refractivity contribution is 5.24. The molecule has 3 rings (SSSR count). The van der Waals surface area contributed by atoms with Crippen LogP contribution in [0, 0.1) is 11.7 Å². The molecule has 0 aromatic heterocycles. The summed E-state index contributed by atoms with van der Waals surface area (Å²) in [6, 6.07) is 7.97. The molecule has 4 atom stereocenters. The molecule has 2 heterocycles. The SMILES string of the molecule is CN1C2CCC1C(CO)C(c1cccc(F)c1)C2. The van der Waals surface area contributed by atoms with Crippen LogP contribution in [0.15, 0.2) is 24.3 Å². The summed E-state index contributed by atoms with van der Waals surface area (Å²) < 4.78 is 13.4. The fourth-order valence-electron chi connectivity index (χ4n) is 3.95. The lowest BCUT2D eigenvalue weighted by molar-refractivity contribution is 0.0591. The monoisotopic (exact) mass is 249 g/mol. The molecule has 0 saturated carbocycles. The average molecular weight is 249 g/mol. The first-order valence-corrected chi connectivity index (χ1v) is 6.79. The van der Waals surface area contributed by atoms with Gasteiger partial charge in [0.2, 0.25) is 0 Å². The lowest BCUT2D eigenvalue weighted by Gasteiger charge is -2.42. The number of piperidine rings is 1. The first kappa shape index (κ1) is 12.1. The first-order valence-electron chi connectivity index (χ1n) is 6.79. The van der Waals surface area contributed by atoms with E-state index in [2.05, 4.69) is 11.9 Å². The van der Waals surface area contributed by atoms with Crippen LogP contribution < -0.4 is 0 Å². The Labute approximate surface area is 107 Å². The van der Waals surface area contributed by atoms with Crippen LogP contribution in [-0.4, -0.2) is 35.7 Å². The molecular formula is C15H20FNO. The number of nitrogens with zero attached hydrogens (tertiary/aromatic N) is 1. The van der Waals surface area contributed by atoms with Crippen molar-refractivity contribution in [2.45, 2.75) is 37.3 Å². The number of fused-ring (bicyclic) bond motifs is 2. The molecule has 4 unspecified atom stereocenters. The molecule has 1 N–H and O–H groups in total. The molecule has 0 spiro atoms. The van der Waals surface area contributed by atoms with Crippen molar-refractivity contribution in [2.75, 3.05) is 13.7 Å². The molecule has 2 aliphatic rings. The second kappa shape index (κ2) is 4.63. The maximum absolute atomic E-state index is 13.4. The standard InChI is InChI=1S/C15H20FNO/c1-17-12-5-6-15(17)14(9-18)13(8-12)10-3-2-4-11(16)7-10/h2-4,7,12-15,18H,5-6,8-9H2,1H3. The topological polar surface area (TPSA) is 23.5 Å². The van der Waals surface area contributed by atoms with Gasteiger partial charge in [-0.25, -0.2) is 4.39 Å². The zero-order valence-electron chi connectivity index (χ0n) is 10.7. The van der Waals surface area contributed by atoms with Gasteiger partial charge in [-0.2, -0.15) is 0 Å². The Morgan fingerprint density at radius 1 is 1.39 bits per heavy atom. The van der Waals surface area contributed by atoms with Gasteiger partial charge in [-0.05, 0) is 49.9 Å². The quantitative estimate of drug-likeness (QED) is 0.870. The summed E-state index contributed by atoms with van der Waals surface area (Å²) in [6.07, 6.45) is 3.42. The van der Waals surface area contributed by atoms with Gasteiger partial charge in [-0.1, -0.05) is 12.1 Å². The van der Waals surface area contributed by atoms with E-state index in [4.69, 9.17) is 0 Å². The maximum Gasteiger partial charge on any atom is 0.123 e. The van der Waals surface area contributed by atoms with Gasteiger partial charge in [0.1, 0.15) is 5.82 Å². The minimum atomic E-state index is -0.171. The van der Waals surface area contributed by atoms with E-state index in [-0.39, 0.29) is 18.3 Å². The molecule has 18 heavy (non-hydrogen) atoms. The van der Waals surface area contributed by atoms with Gasteiger partial charge in [0.25, 0.3) is 0 Å². The molecule has 2 bridgehead atoms. The highest BCUT2D eigenvalue weighted by Crippen LogP contribution is 2.45. The molecule has 2 nitrogen and oxygen atoms in total. The van der Waals surface area contributed by atoms with Gasteiger partial charge in [0.15, 0.2) is 0 Å². The Morgan fingerprint density at radius 2 is 2.22 bits per heavy atom. The van der Waals surface area contributed by atoms with Crippen molar-refractivity contribution >= 4 is 0 Å². The summed E-state index contributed by atoms with van der Waals surface area (Å²) >= 11 is 0. The Kier molecular flexibility index (Phi) is 3.12. The second-order valence-electron chi connectivity index (χ2n) is 5.71. The van der Waals surface area contributed by atoms with Crippen molar-refractivity contribution < 1.29 is 9.50 Å². The zero-order chi connectivity index (χ0) is 12.7. The summed E-state index contributed by atoms with van der Waals surface area (Å²) in [5, 5.41) is 9.71. The Balaban J connectivity index is 1.92. The third kappa shape index (κ3) is 1.86. The number of aliphatic hydroxyl groups is 1. The van der Waals surface area contributed by atoms with Gasteiger partial charge in [-0.15, -0.1) is 0 Å². The molecule has 98 valence electrons. The van der Waals surface area contributed by atoms with Gasteiger partial charge in [0.05, 0.1) is 0 Å². The summed E-state index contributed by atoms with van der Waals surface area (Å²) in [5.74, 6) is 0.380. The van der Waals surface area contributed by atoms with Crippen molar-refractivity contribution in [1.82, 2.24) is 4.90 Å². The van der Waals surface area contributed by atoms with Gasteiger partial charge >= 0.3 is 0 Å². The molecule has 0 radical (unpaired) electrons. The van der Waals surface area contributed by atoms with Crippen LogP contribution >= 0.6 is 0 Å². The lowest BCUT2D eigenvalue weighted by atomic mass is 9.76. The van der Waals surface area contributed by atoms with Crippen molar-refractivity contribution in [3.8, 4) is 0 Å². The van der Waals surface area contributed by atoms with Gasteiger partial charge in [0, 0.05) is 24.6 Å². The van der Waals surface area contributed by atoms with E-state index in [1.165, 1.54) is 12.5 Å². The van der Waals surface area contributed by atoms with E-state index >= 15 is 0 Å². The third-order valence-electron chi connectivity index (χ3n) is 4.92. The van der Waals surface area contributed by atoms with E-state index in [0.717, 1.165) is 18.4 Å². The molecule has 0 amide bonds. The molecule has 1 aromatic rings. The van der Waals surface area contributed by atoms with Crippen LogP contribution in [0.2, 0.25) is 0 Å². The smallest absolute Gasteiger partial charge is 0.123 e. The number of hydrogen-bond donors (Lipinski definition) is 1. The van der Waals surface area contributed by atoms with Crippen molar-refractivity contribution in [1.29, 1.82) is 0 Å². The van der Waals surface area contributed by atoms with Crippen LogP contribution in [-0.2, 0) is 0 Å². The van der Waals surface area contributed by atoms with E-state index in [1.54, 1.807) is 12.1 Å².